The second-order valence-corrected chi connectivity index (χ2v) is 5.86. The van der Waals surface area contributed by atoms with Crippen molar-refractivity contribution in [2.24, 2.45) is 0 Å². The van der Waals surface area contributed by atoms with E-state index in [2.05, 4.69) is 17.9 Å². The molecule has 4 heteroatoms. The van der Waals surface area contributed by atoms with Crippen molar-refractivity contribution in [3.05, 3.63) is 12.7 Å². The fourth-order valence-electron chi connectivity index (χ4n) is 0.755. The summed E-state index contributed by atoms with van der Waals surface area (Å²) in [7, 11) is 0.434. The molecule has 0 spiro atoms. The summed E-state index contributed by atoms with van der Waals surface area (Å²) in [6, 6.07) is 1.13. The lowest BCUT2D eigenvalue weighted by Crippen LogP contribution is -2.19. The van der Waals surface area contributed by atoms with Gasteiger partial charge in [0.15, 0.2) is 0 Å². The molecule has 70 valence electrons. The van der Waals surface area contributed by atoms with Gasteiger partial charge in [0.1, 0.15) is 0 Å². The van der Waals surface area contributed by atoms with Gasteiger partial charge in [-0.1, -0.05) is 18.7 Å². The van der Waals surface area contributed by atoms with Gasteiger partial charge < -0.3 is 9.47 Å². The molecule has 0 amide bonds. The van der Waals surface area contributed by atoms with Crippen molar-refractivity contribution in [2.45, 2.75) is 19.0 Å². The molecule has 0 N–H and O–H groups in total. The van der Waals surface area contributed by atoms with Crippen molar-refractivity contribution in [3.8, 4) is 0 Å². The smallest absolute Gasteiger partial charge is 0.438 e. The number of allylic oxidation sites excluding steroid dienone is 1. The van der Waals surface area contributed by atoms with Crippen LogP contribution in [0.4, 0.5) is 4.79 Å². The van der Waals surface area contributed by atoms with Crippen molar-refractivity contribution in [1.82, 2.24) is 0 Å². The highest BCUT2D eigenvalue weighted by atomic mass is 28.3. The standard InChI is InChI=1S/C8H16O3Si/c1-4-5-6-12(3)7-11-8(9)10-2/h4,12H,1,5-7H2,2-3H3. The first-order chi connectivity index (χ1) is 5.70. The van der Waals surface area contributed by atoms with Crippen LogP contribution in [0.3, 0.4) is 0 Å². The molecule has 0 bridgehead atoms. The molecule has 0 saturated heterocycles. The molecule has 0 radical (unpaired) electrons. The van der Waals surface area contributed by atoms with Crippen LogP contribution >= 0.6 is 0 Å². The topological polar surface area (TPSA) is 35.5 Å². The molecular weight excluding hydrogens is 172 g/mol. The quantitative estimate of drug-likeness (QED) is 0.374. The van der Waals surface area contributed by atoms with Gasteiger partial charge in [0.2, 0.25) is 0 Å². The lowest BCUT2D eigenvalue weighted by atomic mass is 10.5. The van der Waals surface area contributed by atoms with E-state index in [1.165, 1.54) is 7.11 Å². The Hall–Kier alpha value is -0.773. The van der Waals surface area contributed by atoms with Crippen LogP contribution in [-0.4, -0.2) is 28.3 Å². The SMILES string of the molecule is C=CCC[SiH](C)COC(=O)OC. The number of methoxy groups -OCH3 is 1. The van der Waals surface area contributed by atoms with Gasteiger partial charge in [0, 0.05) is 0 Å². The molecule has 0 aromatic carbocycles. The van der Waals surface area contributed by atoms with Crippen molar-refractivity contribution < 1.29 is 14.3 Å². The van der Waals surface area contributed by atoms with Gasteiger partial charge in [-0.15, -0.1) is 6.58 Å². The summed E-state index contributed by atoms with van der Waals surface area (Å²) in [4.78, 5) is 10.5. The van der Waals surface area contributed by atoms with Crippen LogP contribution in [0, 0.1) is 0 Å². The maximum atomic E-state index is 10.5. The van der Waals surface area contributed by atoms with Gasteiger partial charge in [-0.3, -0.25) is 0 Å². The predicted octanol–water partition coefficient (Wildman–Crippen LogP) is 1.74. The second-order valence-electron chi connectivity index (χ2n) is 2.74. The molecule has 0 heterocycles. The summed E-state index contributed by atoms with van der Waals surface area (Å²) < 4.78 is 9.16. The van der Waals surface area contributed by atoms with Gasteiger partial charge in [-0.2, -0.15) is 0 Å². The number of carbonyl (C=O) groups excluding carboxylic acids is 1. The molecule has 12 heavy (non-hydrogen) atoms. The number of hydrogen-bond donors (Lipinski definition) is 0. The Labute approximate surface area is 75.0 Å². The summed E-state index contributed by atoms with van der Waals surface area (Å²) in [5.41, 5.74) is 0. The zero-order valence-corrected chi connectivity index (χ0v) is 8.86. The summed E-state index contributed by atoms with van der Waals surface area (Å²) in [5, 5.41) is 0. The Morgan fingerprint density at radius 3 is 2.83 bits per heavy atom. The Morgan fingerprint density at radius 2 is 2.33 bits per heavy atom. The minimum absolute atomic E-state index is 0.556. The highest BCUT2D eigenvalue weighted by Gasteiger charge is 2.06. The van der Waals surface area contributed by atoms with Crippen molar-refractivity contribution in [2.75, 3.05) is 13.3 Å². The maximum absolute atomic E-state index is 10.5. The van der Waals surface area contributed by atoms with Gasteiger partial charge >= 0.3 is 6.16 Å². The van der Waals surface area contributed by atoms with E-state index in [1.54, 1.807) is 0 Å². The fourth-order valence-corrected chi connectivity index (χ4v) is 2.15. The van der Waals surface area contributed by atoms with Crippen LogP contribution in [-0.2, 0) is 9.47 Å². The predicted molar refractivity (Wildman–Crippen MR) is 51.0 cm³/mol. The van der Waals surface area contributed by atoms with Crippen LogP contribution < -0.4 is 0 Å². The van der Waals surface area contributed by atoms with Crippen LogP contribution in [0.2, 0.25) is 12.6 Å². The Morgan fingerprint density at radius 1 is 1.67 bits per heavy atom. The molecule has 0 saturated carbocycles. The Balaban J connectivity index is 3.36. The second kappa shape index (κ2) is 6.91. The number of rotatable bonds is 5. The van der Waals surface area contributed by atoms with Crippen LogP contribution in [0.25, 0.3) is 0 Å². The van der Waals surface area contributed by atoms with Crippen LogP contribution in [0.15, 0.2) is 12.7 Å². The van der Waals surface area contributed by atoms with E-state index in [-0.39, 0.29) is 0 Å². The normalized spacial score (nSPS) is 11.8. The van der Waals surface area contributed by atoms with Gasteiger partial charge in [0.05, 0.1) is 22.1 Å². The maximum Gasteiger partial charge on any atom is 0.507 e. The van der Waals surface area contributed by atoms with E-state index in [0.29, 0.717) is 6.23 Å². The first-order valence-corrected chi connectivity index (χ1v) is 6.81. The Kier molecular flexibility index (Phi) is 6.46. The lowest BCUT2D eigenvalue weighted by molar-refractivity contribution is 0.0856. The average molecular weight is 188 g/mol. The van der Waals surface area contributed by atoms with E-state index >= 15 is 0 Å². The molecule has 0 aliphatic rings. The largest absolute Gasteiger partial charge is 0.507 e. The zero-order chi connectivity index (χ0) is 9.40. The lowest BCUT2D eigenvalue weighted by Gasteiger charge is -2.07. The highest BCUT2D eigenvalue weighted by Crippen LogP contribution is 1.99. The minimum Gasteiger partial charge on any atom is -0.438 e. The molecule has 3 nitrogen and oxygen atoms in total. The number of carbonyl (C=O) groups is 1. The van der Waals surface area contributed by atoms with E-state index in [0.717, 1.165) is 12.5 Å². The van der Waals surface area contributed by atoms with Crippen molar-refractivity contribution in [1.29, 1.82) is 0 Å². The average Bonchev–Trinajstić information content (AvgIpc) is 2.10. The molecule has 0 aliphatic carbocycles. The van der Waals surface area contributed by atoms with Gasteiger partial charge in [0.25, 0.3) is 0 Å². The number of hydrogen-bond acceptors (Lipinski definition) is 3. The first-order valence-electron chi connectivity index (χ1n) is 4.02. The molecule has 0 aromatic heterocycles. The summed E-state index contributed by atoms with van der Waals surface area (Å²) in [6.45, 7) is 5.79. The van der Waals surface area contributed by atoms with E-state index in [1.807, 2.05) is 6.08 Å². The summed E-state index contributed by atoms with van der Waals surface area (Å²) in [6.07, 6.45) is 2.88. The molecular formula is C8H16O3Si. The monoisotopic (exact) mass is 188 g/mol. The molecule has 1 unspecified atom stereocenters. The fraction of sp³-hybridized carbons (Fsp3) is 0.625. The van der Waals surface area contributed by atoms with Crippen LogP contribution in [0.1, 0.15) is 6.42 Å². The molecule has 1 atom stereocenters. The first kappa shape index (κ1) is 11.2. The van der Waals surface area contributed by atoms with E-state index < -0.39 is 15.0 Å². The number of ether oxygens (including phenoxy) is 2. The molecule has 0 aromatic rings. The minimum atomic E-state index is -0.884. The van der Waals surface area contributed by atoms with Crippen molar-refractivity contribution >= 4 is 15.0 Å². The van der Waals surface area contributed by atoms with Gasteiger partial charge in [-0.05, 0) is 6.42 Å². The van der Waals surface area contributed by atoms with Crippen molar-refractivity contribution in [3.63, 3.8) is 0 Å². The Bertz CT molecular complexity index is 147. The summed E-state index contributed by atoms with van der Waals surface area (Å²) in [5.74, 6) is 0. The van der Waals surface area contributed by atoms with Gasteiger partial charge in [-0.25, -0.2) is 4.79 Å². The molecule has 0 aliphatic heterocycles. The highest BCUT2D eigenvalue weighted by molar-refractivity contribution is 6.57. The molecule has 0 fully saturated rings. The van der Waals surface area contributed by atoms with E-state index in [4.69, 9.17) is 4.74 Å². The van der Waals surface area contributed by atoms with E-state index in [9.17, 15) is 4.79 Å². The zero-order valence-electron chi connectivity index (χ0n) is 7.71. The summed E-state index contributed by atoms with van der Waals surface area (Å²) >= 11 is 0. The third-order valence-corrected chi connectivity index (χ3v) is 3.57. The van der Waals surface area contributed by atoms with Crippen LogP contribution in [0.5, 0.6) is 0 Å². The third-order valence-electron chi connectivity index (χ3n) is 1.52. The third kappa shape index (κ3) is 5.97. The molecule has 0 rings (SSSR count).